The van der Waals surface area contributed by atoms with Crippen molar-refractivity contribution in [3.63, 3.8) is 0 Å². The van der Waals surface area contributed by atoms with Crippen LogP contribution in [-0.4, -0.2) is 83.5 Å². The maximum atomic E-state index is 14.1. The van der Waals surface area contributed by atoms with Crippen LogP contribution in [0.2, 0.25) is 0 Å². The highest BCUT2D eigenvalue weighted by atomic mass is 79.9. The number of hydrogen-bond donors (Lipinski definition) is 0. The smallest absolute Gasteiger partial charge is 0.311 e. The third-order valence-corrected chi connectivity index (χ3v) is 10.2. The van der Waals surface area contributed by atoms with Crippen LogP contribution in [0.5, 0.6) is 5.88 Å². The first-order valence-corrected chi connectivity index (χ1v) is 21.6. The van der Waals surface area contributed by atoms with Gasteiger partial charge in [0.05, 0.1) is 44.5 Å². The van der Waals surface area contributed by atoms with Crippen molar-refractivity contribution in [2.75, 3.05) is 13.2 Å². The number of rotatable bonds is 13. The lowest BCUT2D eigenvalue weighted by Crippen LogP contribution is -2.65. The Balaban J connectivity index is 1.97. The van der Waals surface area contributed by atoms with E-state index in [1.165, 1.54) is 55.4 Å². The second-order valence-corrected chi connectivity index (χ2v) is 20.7. The zero-order valence-electron chi connectivity index (χ0n) is 42.5. The molecule has 0 radical (unpaired) electrons. The van der Waals surface area contributed by atoms with Crippen molar-refractivity contribution >= 4 is 56.7 Å². The zero-order chi connectivity index (χ0) is 50.3. The minimum Gasteiger partial charge on any atom is -0.463 e. The number of fused-ring (bicyclic) bond motifs is 1. The van der Waals surface area contributed by atoms with E-state index in [2.05, 4.69) is 15.9 Å². The van der Waals surface area contributed by atoms with Crippen molar-refractivity contribution in [3.8, 4) is 5.88 Å². The number of carbonyl (C=O) groups is 5. The second kappa shape index (κ2) is 19.7. The van der Waals surface area contributed by atoms with Gasteiger partial charge in [-0.25, -0.2) is 0 Å². The van der Waals surface area contributed by atoms with Gasteiger partial charge in [0, 0.05) is 9.96 Å². The standard InChI is InChI=1S/C48H67BrN2O12/c1-44(2,3)39(52)57-26-25-51-31-18-16-17-29(22-19-28-20-23-30(49)24-21-28)33(31)37(50-51)63-38-36(62-43(56)48(13,14)15)35(61-42(55)47(10,11)12)34(60-41(54)46(7,8)9)32(59-38)27-58-40(53)45(4,5)6/h16-18,20-21,23-24,32,34-36,38H,19,22,25-27H2,1-15H3/t32-,34-,35+,36-,38?/m1/s1/i4D,7D,10D,13D. The molecule has 0 amide bonds. The van der Waals surface area contributed by atoms with E-state index in [9.17, 15) is 24.0 Å². The molecular weight excluding hydrogens is 876 g/mol. The number of halogens is 1. The fourth-order valence-electron chi connectivity index (χ4n) is 5.92. The highest BCUT2D eigenvalue weighted by Crippen LogP contribution is 2.38. The molecule has 0 spiro atoms. The van der Waals surface area contributed by atoms with Crippen molar-refractivity contribution in [3.05, 3.63) is 58.1 Å². The molecule has 0 saturated carbocycles. The number of aromatic nitrogens is 2. The second-order valence-electron chi connectivity index (χ2n) is 19.8. The van der Waals surface area contributed by atoms with Crippen LogP contribution >= 0.6 is 15.9 Å². The Kier molecular flexibility index (Phi) is 14.1. The van der Waals surface area contributed by atoms with Crippen LogP contribution in [0.3, 0.4) is 0 Å². The van der Waals surface area contributed by atoms with E-state index >= 15 is 0 Å². The van der Waals surface area contributed by atoms with Gasteiger partial charge in [0.15, 0.2) is 12.2 Å². The van der Waals surface area contributed by atoms with Crippen LogP contribution in [0.1, 0.15) is 120 Å². The monoisotopic (exact) mass is 946 g/mol. The summed E-state index contributed by atoms with van der Waals surface area (Å²) >= 11 is 3.49. The van der Waals surface area contributed by atoms with Crippen molar-refractivity contribution in [1.29, 1.82) is 0 Å². The summed E-state index contributed by atoms with van der Waals surface area (Å²) in [6, 6.07) is 13.5. The molecule has 1 aliphatic heterocycles. The predicted molar refractivity (Wildman–Crippen MR) is 239 cm³/mol. The minimum atomic E-state index is -1.76. The highest BCUT2D eigenvalue weighted by molar-refractivity contribution is 9.10. The average molecular weight is 948 g/mol. The highest BCUT2D eigenvalue weighted by Gasteiger charge is 2.56. The van der Waals surface area contributed by atoms with Crippen molar-refractivity contribution in [2.45, 2.75) is 154 Å². The molecular formula is C48H67BrN2O12. The van der Waals surface area contributed by atoms with Crippen molar-refractivity contribution in [2.24, 2.45) is 27.1 Å². The molecule has 5 atom stereocenters. The first kappa shape index (κ1) is 45.1. The Morgan fingerprint density at radius 3 is 1.75 bits per heavy atom. The van der Waals surface area contributed by atoms with Crippen LogP contribution in [-0.2, 0) is 71.8 Å². The van der Waals surface area contributed by atoms with Gasteiger partial charge in [-0.2, -0.15) is 0 Å². The zero-order valence-corrected chi connectivity index (χ0v) is 40.0. The molecule has 1 aliphatic rings. The fourth-order valence-corrected chi connectivity index (χ4v) is 6.18. The lowest BCUT2D eigenvalue weighted by atomic mass is 9.93. The van der Waals surface area contributed by atoms with E-state index in [1.54, 1.807) is 25.5 Å². The van der Waals surface area contributed by atoms with Gasteiger partial charge in [-0.15, -0.1) is 5.10 Å². The molecule has 2 aromatic carbocycles. The number of nitrogens with zero attached hydrogens (tertiary/aromatic N) is 2. The molecule has 2 heterocycles. The van der Waals surface area contributed by atoms with E-state index in [1.807, 2.05) is 42.5 Å². The van der Waals surface area contributed by atoms with Crippen LogP contribution in [0.15, 0.2) is 46.9 Å². The largest absolute Gasteiger partial charge is 0.463 e. The van der Waals surface area contributed by atoms with Crippen LogP contribution in [0.25, 0.3) is 10.9 Å². The summed E-state index contributed by atoms with van der Waals surface area (Å²) in [5, 5.41) is 5.37. The molecule has 63 heavy (non-hydrogen) atoms. The van der Waals surface area contributed by atoms with Crippen molar-refractivity contribution < 1.29 is 62.6 Å². The Morgan fingerprint density at radius 2 is 1.19 bits per heavy atom. The van der Waals surface area contributed by atoms with E-state index in [0.717, 1.165) is 15.6 Å². The predicted octanol–water partition coefficient (Wildman–Crippen LogP) is 8.74. The summed E-state index contributed by atoms with van der Waals surface area (Å²) in [5.41, 5.74) is -3.88. The summed E-state index contributed by atoms with van der Waals surface area (Å²) in [4.78, 5) is 68.2. The van der Waals surface area contributed by atoms with Gasteiger partial charge in [-0.1, -0.05) is 40.2 Å². The summed E-state index contributed by atoms with van der Waals surface area (Å²) in [7, 11) is 0. The number of esters is 5. The van der Waals surface area contributed by atoms with E-state index in [0.29, 0.717) is 23.7 Å². The minimum absolute atomic E-state index is 0.0252. The number of benzene rings is 2. The number of hydrogen-bond acceptors (Lipinski definition) is 13. The molecule has 1 unspecified atom stereocenters. The third kappa shape index (κ3) is 13.7. The first-order valence-electron chi connectivity index (χ1n) is 23.6. The summed E-state index contributed by atoms with van der Waals surface area (Å²) < 4.78 is 77.8. The van der Waals surface area contributed by atoms with E-state index in [-0.39, 0.29) is 25.9 Å². The van der Waals surface area contributed by atoms with Gasteiger partial charge >= 0.3 is 29.8 Å². The molecule has 1 fully saturated rings. The Labute approximate surface area is 386 Å². The quantitative estimate of drug-likeness (QED) is 0.118. The lowest BCUT2D eigenvalue weighted by molar-refractivity contribution is -0.294. The summed E-state index contributed by atoms with van der Waals surface area (Å²) in [6.45, 7) is 14.9. The first-order chi connectivity index (χ1) is 31.1. The maximum Gasteiger partial charge on any atom is 0.311 e. The topological polar surface area (TPSA) is 168 Å². The SMILES string of the molecule is [2H]CC(C)(C)C(=O)OC[C@H]1OC(Oc2nn(CCOC(=O)C(C)(C)C)c3cccc(CCc4ccc(Br)cc4)c23)[C@H](OC(=O)C(C)(C)C[2H])[C@@H](OC(=O)C(C)(C)C[2H])[C@@H]1OC(=O)C(C)(C)C[2H]. The Hall–Kier alpha value is -4.50. The maximum absolute atomic E-state index is 14.1. The van der Waals surface area contributed by atoms with Gasteiger partial charge in [-0.3, -0.25) is 28.7 Å². The van der Waals surface area contributed by atoms with Crippen molar-refractivity contribution in [1.82, 2.24) is 9.78 Å². The Bertz CT molecular complexity index is 2220. The van der Waals surface area contributed by atoms with Crippen LogP contribution in [0, 0.1) is 27.1 Å². The molecule has 14 nitrogen and oxygen atoms in total. The summed E-state index contributed by atoms with van der Waals surface area (Å²) in [6.07, 6.45) is -7.35. The molecule has 348 valence electrons. The van der Waals surface area contributed by atoms with E-state index < -0.39 is 115 Å². The molecule has 3 aromatic rings. The third-order valence-electron chi connectivity index (χ3n) is 9.71. The molecule has 15 heteroatoms. The Morgan fingerprint density at radius 1 is 0.667 bits per heavy atom. The molecule has 0 bridgehead atoms. The van der Waals surface area contributed by atoms with Gasteiger partial charge in [0.2, 0.25) is 18.3 Å². The fraction of sp³-hybridized carbons (Fsp3) is 0.625. The molecule has 0 N–H and O–H groups in total. The number of aryl methyl sites for hydroxylation is 2. The normalized spacial score (nSPS) is 20.7. The molecule has 1 aromatic heterocycles. The molecule has 1 saturated heterocycles. The van der Waals surface area contributed by atoms with Gasteiger partial charge in [0.25, 0.3) is 0 Å². The van der Waals surface area contributed by atoms with E-state index in [4.69, 9.17) is 43.7 Å². The average Bonchev–Trinajstić information content (AvgIpc) is 3.63. The number of carbonyl (C=O) groups excluding carboxylic acids is 5. The summed E-state index contributed by atoms with van der Waals surface area (Å²) in [5.74, 6) is -4.00. The molecule has 4 rings (SSSR count). The molecule has 0 aliphatic carbocycles. The van der Waals surface area contributed by atoms with Gasteiger partial charge in [0.1, 0.15) is 19.3 Å². The van der Waals surface area contributed by atoms with Gasteiger partial charge < -0.3 is 33.2 Å². The van der Waals surface area contributed by atoms with Gasteiger partial charge in [-0.05, 0) is 146 Å². The van der Waals surface area contributed by atoms with Crippen LogP contribution < -0.4 is 4.74 Å². The lowest BCUT2D eigenvalue weighted by Gasteiger charge is -2.45. The van der Waals surface area contributed by atoms with Crippen LogP contribution in [0.4, 0.5) is 0 Å². The number of ether oxygens (including phenoxy) is 7.